The number of nitrogens with zero attached hydrogens (tertiary/aromatic N) is 2. The molecule has 0 radical (unpaired) electrons. The van der Waals surface area contributed by atoms with E-state index in [0.717, 1.165) is 32.9 Å². The second-order valence-electron chi connectivity index (χ2n) is 6.08. The van der Waals surface area contributed by atoms with Crippen LogP contribution in [0.3, 0.4) is 0 Å². The molecule has 0 spiro atoms. The quantitative estimate of drug-likeness (QED) is 0.456. The zero-order valence-corrected chi connectivity index (χ0v) is 13.8. The number of aryl methyl sites for hydroxylation is 2. The van der Waals surface area contributed by atoms with Crippen LogP contribution in [0.5, 0.6) is 5.88 Å². The Morgan fingerprint density at radius 2 is 1.92 bits per heavy atom. The zero-order valence-electron chi connectivity index (χ0n) is 13.8. The maximum Gasteiger partial charge on any atom is 0.297 e. The molecule has 124 valence electrons. The van der Waals surface area contributed by atoms with E-state index in [2.05, 4.69) is 20.2 Å². The number of fused-ring (bicyclic) bond motifs is 2. The standard InChI is InChI=1S/C19H16N4O2/c1-10-7-11(2)16-13(8-10)17(19(25)21-16)22-23-18(24)14-9-20-15-6-4-3-5-12(14)15/h3-9,20-21,25H,1-2H3. The number of benzene rings is 2. The third kappa shape index (κ3) is 2.48. The molecule has 0 saturated heterocycles. The van der Waals surface area contributed by atoms with E-state index in [0.29, 0.717) is 5.56 Å². The molecule has 0 atom stereocenters. The van der Waals surface area contributed by atoms with Gasteiger partial charge < -0.3 is 15.1 Å². The van der Waals surface area contributed by atoms with E-state index in [1.54, 1.807) is 6.20 Å². The van der Waals surface area contributed by atoms with E-state index in [1.165, 1.54) is 0 Å². The zero-order chi connectivity index (χ0) is 17.6. The highest BCUT2D eigenvalue weighted by atomic mass is 16.3. The normalized spacial score (nSPS) is 11.8. The van der Waals surface area contributed by atoms with Crippen molar-refractivity contribution in [1.82, 2.24) is 9.97 Å². The summed E-state index contributed by atoms with van der Waals surface area (Å²) in [4.78, 5) is 18.4. The molecule has 0 aliphatic rings. The predicted octanol–water partition coefficient (Wildman–Crippen LogP) is 4.90. The summed E-state index contributed by atoms with van der Waals surface area (Å²) in [5, 5.41) is 19.5. The van der Waals surface area contributed by atoms with Crippen LogP contribution >= 0.6 is 0 Å². The molecule has 0 aliphatic carbocycles. The lowest BCUT2D eigenvalue weighted by molar-refractivity contribution is 0.0996. The maximum atomic E-state index is 12.4. The Hall–Kier alpha value is -3.41. The fraction of sp³-hybridized carbons (Fsp3) is 0.105. The summed E-state index contributed by atoms with van der Waals surface area (Å²) < 4.78 is 0. The van der Waals surface area contributed by atoms with Crippen LogP contribution in [0.25, 0.3) is 21.8 Å². The van der Waals surface area contributed by atoms with E-state index in [-0.39, 0.29) is 11.6 Å². The highest BCUT2D eigenvalue weighted by Gasteiger charge is 2.15. The van der Waals surface area contributed by atoms with Gasteiger partial charge in [0.25, 0.3) is 5.91 Å². The number of nitrogens with one attached hydrogen (secondary N) is 2. The molecule has 2 heterocycles. The van der Waals surface area contributed by atoms with Crippen molar-refractivity contribution in [1.29, 1.82) is 0 Å². The van der Waals surface area contributed by atoms with Crippen LogP contribution in [0.15, 0.2) is 52.8 Å². The van der Waals surface area contributed by atoms with E-state index in [1.807, 2.05) is 50.2 Å². The van der Waals surface area contributed by atoms with Gasteiger partial charge >= 0.3 is 0 Å². The van der Waals surface area contributed by atoms with Crippen molar-refractivity contribution in [3.05, 3.63) is 59.3 Å². The minimum atomic E-state index is -0.462. The number of para-hydroxylation sites is 1. The summed E-state index contributed by atoms with van der Waals surface area (Å²) in [6.07, 6.45) is 1.62. The Kier molecular flexibility index (Phi) is 3.39. The van der Waals surface area contributed by atoms with Crippen LogP contribution in [0.4, 0.5) is 5.69 Å². The second-order valence-corrected chi connectivity index (χ2v) is 6.08. The highest BCUT2D eigenvalue weighted by molar-refractivity contribution is 6.07. The third-order valence-corrected chi connectivity index (χ3v) is 4.26. The number of carbonyl (C=O) groups is 1. The molecular formula is C19H16N4O2. The maximum absolute atomic E-state index is 12.4. The number of hydrogen-bond acceptors (Lipinski definition) is 3. The molecule has 0 aliphatic heterocycles. The monoisotopic (exact) mass is 332 g/mol. The summed E-state index contributed by atoms with van der Waals surface area (Å²) in [7, 11) is 0. The lowest BCUT2D eigenvalue weighted by Gasteiger charge is -1.98. The first-order valence-corrected chi connectivity index (χ1v) is 7.88. The van der Waals surface area contributed by atoms with Gasteiger partial charge in [-0.25, -0.2) is 0 Å². The number of H-pyrrole nitrogens is 2. The fourth-order valence-corrected chi connectivity index (χ4v) is 3.12. The molecule has 6 heteroatoms. The predicted molar refractivity (Wildman–Crippen MR) is 96.6 cm³/mol. The molecule has 25 heavy (non-hydrogen) atoms. The Bertz CT molecular complexity index is 1150. The van der Waals surface area contributed by atoms with E-state index >= 15 is 0 Å². The number of rotatable bonds is 2. The Labute approximate surface area is 143 Å². The number of hydrogen-bond donors (Lipinski definition) is 3. The topological polar surface area (TPSA) is 93.6 Å². The summed E-state index contributed by atoms with van der Waals surface area (Å²) in [6, 6.07) is 11.4. The van der Waals surface area contributed by atoms with Gasteiger partial charge in [-0.05, 0) is 31.5 Å². The molecule has 1 amide bonds. The Morgan fingerprint density at radius 3 is 2.76 bits per heavy atom. The molecule has 0 fully saturated rings. The number of aromatic amines is 2. The molecule has 2 aromatic heterocycles. The van der Waals surface area contributed by atoms with E-state index < -0.39 is 5.91 Å². The molecule has 2 aromatic carbocycles. The summed E-state index contributed by atoms with van der Waals surface area (Å²) in [5.74, 6) is -0.560. The largest absolute Gasteiger partial charge is 0.493 e. The van der Waals surface area contributed by atoms with Crippen LogP contribution in [-0.2, 0) is 0 Å². The van der Waals surface area contributed by atoms with Crippen LogP contribution in [0.2, 0.25) is 0 Å². The summed E-state index contributed by atoms with van der Waals surface area (Å²) in [6.45, 7) is 3.91. The number of aromatic hydroxyl groups is 1. The first-order chi connectivity index (χ1) is 12.0. The van der Waals surface area contributed by atoms with Gasteiger partial charge in [0.1, 0.15) is 0 Å². The number of carbonyl (C=O) groups excluding carboxylic acids is 1. The first kappa shape index (κ1) is 15.1. The SMILES string of the molecule is Cc1cc(C)c2[nH]c(O)c(N=NC(=O)c3c[nH]c4ccccc34)c2c1. The molecular weight excluding hydrogens is 316 g/mol. The number of azo groups is 1. The average Bonchev–Trinajstić information content (AvgIpc) is 3.14. The lowest BCUT2D eigenvalue weighted by atomic mass is 10.1. The van der Waals surface area contributed by atoms with Gasteiger partial charge in [-0.15, -0.1) is 10.2 Å². The fourth-order valence-electron chi connectivity index (χ4n) is 3.12. The minimum absolute atomic E-state index is 0.0980. The van der Waals surface area contributed by atoms with Crippen LogP contribution in [0.1, 0.15) is 21.5 Å². The minimum Gasteiger partial charge on any atom is -0.493 e. The molecule has 0 unspecified atom stereocenters. The molecule has 6 nitrogen and oxygen atoms in total. The average molecular weight is 332 g/mol. The van der Waals surface area contributed by atoms with Crippen molar-refractivity contribution in [2.45, 2.75) is 13.8 Å². The first-order valence-electron chi connectivity index (χ1n) is 7.88. The van der Waals surface area contributed by atoms with Crippen molar-refractivity contribution in [2.75, 3.05) is 0 Å². The van der Waals surface area contributed by atoms with Gasteiger partial charge in [-0.1, -0.05) is 29.8 Å². The Morgan fingerprint density at radius 1 is 1.12 bits per heavy atom. The van der Waals surface area contributed by atoms with E-state index in [9.17, 15) is 9.90 Å². The summed E-state index contributed by atoms with van der Waals surface area (Å²) in [5.41, 5.74) is 4.41. The van der Waals surface area contributed by atoms with Crippen molar-refractivity contribution >= 4 is 33.4 Å². The van der Waals surface area contributed by atoms with E-state index in [4.69, 9.17) is 0 Å². The number of aromatic nitrogens is 2. The lowest BCUT2D eigenvalue weighted by Crippen LogP contribution is -1.91. The number of amides is 1. The van der Waals surface area contributed by atoms with Crippen molar-refractivity contribution in [3.8, 4) is 5.88 Å². The van der Waals surface area contributed by atoms with Gasteiger partial charge in [-0.3, -0.25) is 4.79 Å². The van der Waals surface area contributed by atoms with Crippen molar-refractivity contribution < 1.29 is 9.90 Å². The molecule has 0 bridgehead atoms. The van der Waals surface area contributed by atoms with Crippen molar-refractivity contribution in [3.63, 3.8) is 0 Å². The van der Waals surface area contributed by atoms with Crippen LogP contribution in [-0.4, -0.2) is 21.0 Å². The highest BCUT2D eigenvalue weighted by Crippen LogP contribution is 2.37. The molecule has 4 aromatic rings. The second kappa shape index (κ2) is 5.59. The van der Waals surface area contributed by atoms with Gasteiger partial charge in [0.2, 0.25) is 5.88 Å². The van der Waals surface area contributed by atoms with Gasteiger partial charge in [0.15, 0.2) is 5.69 Å². The van der Waals surface area contributed by atoms with Gasteiger partial charge in [-0.2, -0.15) is 0 Å². The molecule has 3 N–H and O–H groups in total. The van der Waals surface area contributed by atoms with Gasteiger partial charge in [0, 0.05) is 22.5 Å². The summed E-state index contributed by atoms with van der Waals surface area (Å²) >= 11 is 0. The van der Waals surface area contributed by atoms with Crippen LogP contribution in [0, 0.1) is 13.8 Å². The Balaban J connectivity index is 1.76. The van der Waals surface area contributed by atoms with Gasteiger partial charge in [0.05, 0.1) is 11.1 Å². The molecule has 4 rings (SSSR count). The molecule has 0 saturated carbocycles. The van der Waals surface area contributed by atoms with Crippen molar-refractivity contribution in [2.24, 2.45) is 10.2 Å². The third-order valence-electron chi connectivity index (χ3n) is 4.26. The van der Waals surface area contributed by atoms with Crippen LogP contribution < -0.4 is 0 Å². The smallest absolute Gasteiger partial charge is 0.297 e.